The molecule has 0 aliphatic carbocycles. The molecule has 464 valence electrons. The highest BCUT2D eigenvalue weighted by atomic mass is 16.7. The quantitative estimate of drug-likeness (QED) is 0.0149. The van der Waals surface area contributed by atoms with Gasteiger partial charge in [-0.1, -0.05) is 301 Å². The second kappa shape index (κ2) is 56.4. The summed E-state index contributed by atoms with van der Waals surface area (Å²) in [4.78, 5) is 26.6. The van der Waals surface area contributed by atoms with E-state index in [0.717, 1.165) is 83.5 Å². The van der Waals surface area contributed by atoms with Gasteiger partial charge in [0.15, 0.2) is 12.4 Å². The Hall–Kier alpha value is -2.12. The van der Waals surface area contributed by atoms with E-state index >= 15 is 0 Å². The fourth-order valence-corrected chi connectivity index (χ4v) is 10.7. The second-order valence-corrected chi connectivity index (χ2v) is 23.6. The third-order valence-electron chi connectivity index (χ3n) is 16.1. The highest BCUT2D eigenvalue weighted by molar-refractivity contribution is 5.80. The van der Waals surface area contributed by atoms with Gasteiger partial charge in [0.25, 0.3) is 0 Å². The maximum Gasteiger partial charge on any atom is 0.306 e. The number of hydrogen-bond acceptors (Lipinski definition) is 10. The molecule has 1 aliphatic heterocycles. The number of hydrogen-bond donors (Lipinski definition) is 6. The molecule has 0 aromatic carbocycles. The van der Waals surface area contributed by atoms with Crippen LogP contribution in [0.15, 0.2) is 36.5 Å². The number of carbonyl (C=O) groups excluding carboxylic acids is 2. The van der Waals surface area contributed by atoms with E-state index in [-0.39, 0.29) is 13.0 Å². The minimum absolute atomic E-state index is 0.113. The van der Waals surface area contributed by atoms with E-state index in [2.05, 4.69) is 50.4 Å². The highest BCUT2D eigenvalue weighted by Gasteiger charge is 2.47. The van der Waals surface area contributed by atoms with Crippen molar-refractivity contribution in [3.8, 4) is 0 Å². The molecule has 8 unspecified atom stereocenters. The van der Waals surface area contributed by atoms with E-state index in [1.807, 2.05) is 6.08 Å². The van der Waals surface area contributed by atoms with Gasteiger partial charge in [0, 0.05) is 6.42 Å². The van der Waals surface area contributed by atoms with Gasteiger partial charge in [-0.05, 0) is 51.4 Å². The third-order valence-corrected chi connectivity index (χ3v) is 16.1. The van der Waals surface area contributed by atoms with E-state index in [0.29, 0.717) is 19.3 Å². The summed E-state index contributed by atoms with van der Waals surface area (Å²) < 4.78 is 17.6. The van der Waals surface area contributed by atoms with Gasteiger partial charge < -0.3 is 45.1 Å². The van der Waals surface area contributed by atoms with Crippen LogP contribution in [0.25, 0.3) is 0 Å². The van der Waals surface area contributed by atoms with Crippen LogP contribution in [0.2, 0.25) is 0 Å². The number of amides is 1. The molecule has 79 heavy (non-hydrogen) atoms. The first-order valence-corrected chi connectivity index (χ1v) is 33.8. The monoisotopic (exact) mass is 1120 g/mol. The number of aliphatic hydroxyl groups is 5. The van der Waals surface area contributed by atoms with Crippen LogP contribution >= 0.6 is 0 Å². The average molecular weight is 1120 g/mol. The Kier molecular flexibility index (Phi) is 53.4. The van der Waals surface area contributed by atoms with Crippen LogP contribution in [0.5, 0.6) is 0 Å². The lowest BCUT2D eigenvalue weighted by Gasteiger charge is -2.41. The van der Waals surface area contributed by atoms with Crippen molar-refractivity contribution >= 4 is 11.9 Å². The fourth-order valence-electron chi connectivity index (χ4n) is 10.7. The van der Waals surface area contributed by atoms with Gasteiger partial charge in [-0.15, -0.1) is 0 Å². The number of rotatable bonds is 58. The summed E-state index contributed by atoms with van der Waals surface area (Å²) in [5, 5.41) is 57.1. The molecule has 1 amide bonds. The summed E-state index contributed by atoms with van der Waals surface area (Å²) >= 11 is 0. The van der Waals surface area contributed by atoms with Gasteiger partial charge in [0.2, 0.25) is 5.91 Å². The first-order valence-electron chi connectivity index (χ1n) is 33.8. The maximum atomic E-state index is 13.5. The molecule has 0 saturated carbocycles. The van der Waals surface area contributed by atoms with Crippen molar-refractivity contribution in [3.63, 3.8) is 0 Å². The Balaban J connectivity index is 2.57. The van der Waals surface area contributed by atoms with Crippen molar-refractivity contribution < 1.29 is 49.3 Å². The summed E-state index contributed by atoms with van der Waals surface area (Å²) in [5.41, 5.74) is 0. The zero-order valence-electron chi connectivity index (χ0n) is 51.5. The van der Waals surface area contributed by atoms with Gasteiger partial charge >= 0.3 is 5.97 Å². The van der Waals surface area contributed by atoms with Crippen LogP contribution in [0.1, 0.15) is 323 Å². The van der Waals surface area contributed by atoms with Crippen LogP contribution in [0.4, 0.5) is 0 Å². The van der Waals surface area contributed by atoms with Gasteiger partial charge in [-0.2, -0.15) is 0 Å². The summed E-state index contributed by atoms with van der Waals surface area (Å²) in [7, 11) is 0. The number of unbranched alkanes of at least 4 members (excludes halogenated alkanes) is 41. The Bertz CT molecular complexity index is 1420. The van der Waals surface area contributed by atoms with E-state index in [4.69, 9.17) is 14.2 Å². The average Bonchev–Trinajstić information content (AvgIpc) is 3.47. The van der Waals surface area contributed by atoms with Crippen molar-refractivity contribution in [2.75, 3.05) is 13.2 Å². The summed E-state index contributed by atoms with van der Waals surface area (Å²) in [6, 6.07) is -1.02. The number of esters is 1. The van der Waals surface area contributed by atoms with Gasteiger partial charge in [0.1, 0.15) is 24.4 Å². The molecule has 8 atom stereocenters. The molecular formula is C68H127NO10. The standard InChI is InChI=1S/C68H127NO10/c1-4-7-10-13-16-19-22-24-26-27-28-29-30-31-32-33-34-36-37-40-43-46-49-52-55-61(72)67(76)69-59(60(71)54-51-48-45-42-39-21-18-15-12-9-6-3)58-77-68-66(65(75)64(74)62(57-70)78-68)79-63(73)56-53-50-47-44-41-38-35-25-23-20-17-14-11-8-5-2/h17,20,23,25,51,54,59-62,64-66,68,70-72,74-75H,4-16,18-19,21-22,24,26-50,52-53,55-58H2,1-3H3,(H,69,76)/b20-17+,25-23+,54-51+. The van der Waals surface area contributed by atoms with Crippen LogP contribution < -0.4 is 5.32 Å². The van der Waals surface area contributed by atoms with Gasteiger partial charge in [-0.3, -0.25) is 9.59 Å². The zero-order valence-corrected chi connectivity index (χ0v) is 51.5. The van der Waals surface area contributed by atoms with Gasteiger partial charge in [0.05, 0.1) is 25.4 Å². The lowest BCUT2D eigenvalue weighted by molar-refractivity contribution is -0.305. The van der Waals surface area contributed by atoms with Crippen LogP contribution in [0, 0.1) is 0 Å². The Morgan fingerprint density at radius 2 is 0.861 bits per heavy atom. The Labute approximate surface area is 485 Å². The first kappa shape index (κ1) is 74.9. The molecule has 1 aliphatic rings. The van der Waals surface area contributed by atoms with Gasteiger partial charge in [-0.25, -0.2) is 0 Å². The molecular weight excluding hydrogens is 991 g/mol. The molecule has 1 rings (SSSR count). The summed E-state index contributed by atoms with van der Waals surface area (Å²) in [5.74, 6) is -1.19. The summed E-state index contributed by atoms with van der Waals surface area (Å²) in [6.45, 7) is 5.78. The minimum Gasteiger partial charge on any atom is -0.454 e. The lowest BCUT2D eigenvalue weighted by atomic mass is 9.99. The van der Waals surface area contributed by atoms with E-state index in [9.17, 15) is 35.1 Å². The number of aliphatic hydroxyl groups excluding tert-OH is 5. The van der Waals surface area contributed by atoms with Crippen LogP contribution in [-0.2, 0) is 23.8 Å². The predicted octanol–water partition coefficient (Wildman–Crippen LogP) is 16.6. The minimum atomic E-state index is -1.62. The molecule has 0 aromatic rings. The second-order valence-electron chi connectivity index (χ2n) is 23.6. The van der Waals surface area contributed by atoms with Crippen molar-refractivity contribution in [2.24, 2.45) is 0 Å². The first-order chi connectivity index (χ1) is 38.7. The fraction of sp³-hybridized carbons (Fsp3) is 0.882. The smallest absolute Gasteiger partial charge is 0.306 e. The molecule has 11 heteroatoms. The Morgan fingerprint density at radius 1 is 0.494 bits per heavy atom. The SMILES string of the molecule is CCCCC/C=C/C=C/CCCCCCCCC(=O)OC1C(OCC(NC(=O)C(O)CCCCCCCCCCCCCCCCCCCCCCCCCC)C(O)/C=C/CCCCCCCCCCC)OC(CO)C(O)C1O. The highest BCUT2D eigenvalue weighted by Crippen LogP contribution is 2.26. The van der Waals surface area contributed by atoms with Crippen LogP contribution in [-0.4, -0.2) is 99.6 Å². The van der Waals surface area contributed by atoms with Crippen molar-refractivity contribution in [1.82, 2.24) is 5.32 Å². The molecule has 1 fully saturated rings. The number of carbonyl (C=O) groups is 2. The Morgan fingerprint density at radius 3 is 1.29 bits per heavy atom. The van der Waals surface area contributed by atoms with Crippen molar-refractivity contribution in [2.45, 2.75) is 372 Å². The molecule has 0 aromatic heterocycles. The predicted molar refractivity (Wildman–Crippen MR) is 329 cm³/mol. The zero-order chi connectivity index (χ0) is 57.5. The van der Waals surface area contributed by atoms with E-state index < -0.39 is 67.4 Å². The lowest BCUT2D eigenvalue weighted by Crippen LogP contribution is -2.61. The molecule has 11 nitrogen and oxygen atoms in total. The number of nitrogens with one attached hydrogen (secondary N) is 1. The topological polar surface area (TPSA) is 175 Å². The number of allylic oxidation sites excluding steroid dienone is 5. The molecule has 0 bridgehead atoms. The molecule has 0 radical (unpaired) electrons. The third kappa shape index (κ3) is 44.1. The molecule has 0 spiro atoms. The molecule has 1 saturated heterocycles. The largest absolute Gasteiger partial charge is 0.454 e. The van der Waals surface area contributed by atoms with Crippen molar-refractivity contribution in [3.05, 3.63) is 36.5 Å². The normalized spacial score (nSPS) is 19.0. The number of ether oxygens (including phenoxy) is 3. The maximum absolute atomic E-state index is 13.5. The molecule has 6 N–H and O–H groups in total. The van der Waals surface area contributed by atoms with Crippen molar-refractivity contribution in [1.29, 1.82) is 0 Å². The van der Waals surface area contributed by atoms with E-state index in [1.165, 1.54) is 193 Å². The van der Waals surface area contributed by atoms with Crippen LogP contribution in [0.3, 0.4) is 0 Å². The molecule has 1 heterocycles. The summed E-state index contributed by atoms with van der Waals surface area (Å²) in [6.07, 6.45) is 57.7. The van der Waals surface area contributed by atoms with E-state index in [1.54, 1.807) is 6.08 Å².